The van der Waals surface area contributed by atoms with E-state index in [-0.39, 0.29) is 0 Å². The van der Waals surface area contributed by atoms with Crippen LogP contribution in [-0.2, 0) is 0 Å². The van der Waals surface area contributed by atoms with Gasteiger partial charge in [0.15, 0.2) is 0 Å². The predicted molar refractivity (Wildman–Crippen MR) is 58.9 cm³/mol. The highest BCUT2D eigenvalue weighted by atomic mass is 14.9. The van der Waals surface area contributed by atoms with Gasteiger partial charge in [0.1, 0.15) is 0 Å². The second kappa shape index (κ2) is 6.20. The average Bonchev–Trinajstić information content (AvgIpc) is 2.32. The molecule has 0 radical (unpaired) electrons. The summed E-state index contributed by atoms with van der Waals surface area (Å²) < 4.78 is 0. The topological polar surface area (TPSA) is 12.0 Å². The third-order valence-corrected chi connectivity index (χ3v) is 3.04. The van der Waals surface area contributed by atoms with E-state index in [1.165, 1.54) is 32.1 Å². The van der Waals surface area contributed by atoms with Crippen molar-refractivity contribution in [1.29, 1.82) is 0 Å². The molecule has 0 bridgehead atoms. The fraction of sp³-hybridized carbons (Fsp3) is 0.833. The Hall–Kier alpha value is -0.300. The highest BCUT2D eigenvalue weighted by Gasteiger charge is 2.14. The minimum absolute atomic E-state index is 0.782. The summed E-state index contributed by atoms with van der Waals surface area (Å²) >= 11 is 0. The van der Waals surface area contributed by atoms with Crippen molar-refractivity contribution in [3.63, 3.8) is 0 Å². The highest BCUT2D eigenvalue weighted by Crippen LogP contribution is 2.22. The van der Waals surface area contributed by atoms with Gasteiger partial charge in [0.25, 0.3) is 0 Å². The first-order chi connectivity index (χ1) is 6.33. The standard InChI is InChI=1S/C12H23N/c1-3-4-10-13-12-7-5-6-11(2)8-9-12/h3,11-13H,1,4-10H2,2H3. The van der Waals surface area contributed by atoms with E-state index in [1.54, 1.807) is 0 Å². The molecule has 13 heavy (non-hydrogen) atoms. The van der Waals surface area contributed by atoms with E-state index >= 15 is 0 Å². The molecule has 0 amide bonds. The maximum atomic E-state index is 3.73. The first-order valence-electron chi connectivity index (χ1n) is 5.67. The van der Waals surface area contributed by atoms with Crippen molar-refractivity contribution in [3.8, 4) is 0 Å². The summed E-state index contributed by atoms with van der Waals surface area (Å²) in [6.45, 7) is 7.23. The second-order valence-corrected chi connectivity index (χ2v) is 4.34. The monoisotopic (exact) mass is 181 g/mol. The molecular weight excluding hydrogens is 158 g/mol. The van der Waals surface area contributed by atoms with E-state index in [0.717, 1.165) is 24.9 Å². The van der Waals surface area contributed by atoms with E-state index < -0.39 is 0 Å². The summed E-state index contributed by atoms with van der Waals surface area (Å²) in [7, 11) is 0. The molecule has 1 saturated carbocycles. The third kappa shape index (κ3) is 4.47. The molecule has 1 N–H and O–H groups in total. The molecule has 0 heterocycles. The zero-order valence-corrected chi connectivity index (χ0v) is 8.89. The van der Waals surface area contributed by atoms with Gasteiger partial charge < -0.3 is 5.32 Å². The maximum absolute atomic E-state index is 3.73. The number of rotatable bonds is 4. The van der Waals surface area contributed by atoms with E-state index in [9.17, 15) is 0 Å². The number of nitrogens with one attached hydrogen (secondary N) is 1. The van der Waals surface area contributed by atoms with E-state index in [2.05, 4.69) is 18.8 Å². The minimum atomic E-state index is 0.782. The molecule has 0 aromatic heterocycles. The summed E-state index contributed by atoms with van der Waals surface area (Å²) in [5.41, 5.74) is 0. The average molecular weight is 181 g/mol. The van der Waals surface area contributed by atoms with Crippen LogP contribution in [0.4, 0.5) is 0 Å². The van der Waals surface area contributed by atoms with Gasteiger partial charge >= 0.3 is 0 Å². The Bertz CT molecular complexity index is 142. The van der Waals surface area contributed by atoms with Crippen LogP contribution in [0.25, 0.3) is 0 Å². The van der Waals surface area contributed by atoms with Crippen LogP contribution in [0, 0.1) is 5.92 Å². The largest absolute Gasteiger partial charge is 0.314 e. The van der Waals surface area contributed by atoms with Crippen LogP contribution in [-0.4, -0.2) is 12.6 Å². The van der Waals surface area contributed by atoms with Gasteiger partial charge in [-0.05, 0) is 38.1 Å². The van der Waals surface area contributed by atoms with Gasteiger partial charge in [-0.3, -0.25) is 0 Å². The van der Waals surface area contributed by atoms with Crippen LogP contribution in [0.15, 0.2) is 12.7 Å². The molecule has 1 aliphatic carbocycles. The predicted octanol–water partition coefficient (Wildman–Crippen LogP) is 3.12. The molecule has 2 unspecified atom stereocenters. The fourth-order valence-corrected chi connectivity index (χ4v) is 2.08. The Morgan fingerprint density at radius 1 is 1.31 bits per heavy atom. The smallest absolute Gasteiger partial charge is 0.00672 e. The van der Waals surface area contributed by atoms with E-state index in [1.807, 2.05) is 6.08 Å². The Morgan fingerprint density at radius 2 is 2.15 bits per heavy atom. The second-order valence-electron chi connectivity index (χ2n) is 4.34. The maximum Gasteiger partial charge on any atom is 0.00672 e. The van der Waals surface area contributed by atoms with Crippen LogP contribution in [0.3, 0.4) is 0 Å². The molecule has 0 aromatic rings. The molecule has 76 valence electrons. The van der Waals surface area contributed by atoms with Crippen molar-refractivity contribution >= 4 is 0 Å². The van der Waals surface area contributed by atoms with Crippen LogP contribution in [0.2, 0.25) is 0 Å². The molecule has 2 atom stereocenters. The molecule has 1 rings (SSSR count). The van der Waals surface area contributed by atoms with Gasteiger partial charge in [0, 0.05) is 6.04 Å². The van der Waals surface area contributed by atoms with Gasteiger partial charge in [-0.2, -0.15) is 0 Å². The molecule has 0 spiro atoms. The van der Waals surface area contributed by atoms with Crippen molar-refractivity contribution < 1.29 is 0 Å². The molecule has 0 aromatic carbocycles. The van der Waals surface area contributed by atoms with Crippen molar-refractivity contribution in [2.75, 3.05) is 6.54 Å². The quantitative estimate of drug-likeness (QED) is 0.399. The van der Waals surface area contributed by atoms with Crippen molar-refractivity contribution in [3.05, 3.63) is 12.7 Å². The Balaban J connectivity index is 2.14. The highest BCUT2D eigenvalue weighted by molar-refractivity contribution is 4.75. The number of hydrogen-bond donors (Lipinski definition) is 1. The van der Waals surface area contributed by atoms with Crippen molar-refractivity contribution in [2.24, 2.45) is 5.92 Å². The normalized spacial score (nSPS) is 29.6. The van der Waals surface area contributed by atoms with Gasteiger partial charge in [-0.25, -0.2) is 0 Å². The zero-order valence-electron chi connectivity index (χ0n) is 8.89. The molecule has 0 saturated heterocycles. The van der Waals surface area contributed by atoms with Gasteiger partial charge in [0.05, 0.1) is 0 Å². The Labute approximate surface area is 82.6 Å². The van der Waals surface area contributed by atoms with Crippen LogP contribution >= 0.6 is 0 Å². The van der Waals surface area contributed by atoms with Gasteiger partial charge in [0.2, 0.25) is 0 Å². The Kier molecular flexibility index (Phi) is 5.14. The summed E-state index contributed by atoms with van der Waals surface area (Å²) in [6, 6.07) is 0.782. The summed E-state index contributed by atoms with van der Waals surface area (Å²) in [4.78, 5) is 0. The summed E-state index contributed by atoms with van der Waals surface area (Å²) in [5, 5.41) is 3.61. The summed E-state index contributed by atoms with van der Waals surface area (Å²) in [5.74, 6) is 0.950. The summed E-state index contributed by atoms with van der Waals surface area (Å²) in [6.07, 6.45) is 10.1. The lowest BCUT2D eigenvalue weighted by atomic mass is 10.0. The number of hydrogen-bond acceptors (Lipinski definition) is 1. The van der Waals surface area contributed by atoms with Gasteiger partial charge in [-0.1, -0.05) is 25.8 Å². The first-order valence-corrected chi connectivity index (χ1v) is 5.67. The third-order valence-electron chi connectivity index (χ3n) is 3.04. The SMILES string of the molecule is C=CCCNC1CCCC(C)CC1. The Morgan fingerprint density at radius 3 is 2.92 bits per heavy atom. The van der Waals surface area contributed by atoms with Crippen LogP contribution in [0.1, 0.15) is 45.4 Å². The lowest BCUT2D eigenvalue weighted by Crippen LogP contribution is -2.29. The lowest BCUT2D eigenvalue weighted by Gasteiger charge is -2.15. The first kappa shape index (κ1) is 10.8. The van der Waals surface area contributed by atoms with E-state index in [0.29, 0.717) is 0 Å². The fourth-order valence-electron chi connectivity index (χ4n) is 2.08. The van der Waals surface area contributed by atoms with Crippen LogP contribution < -0.4 is 5.32 Å². The molecule has 1 aliphatic rings. The minimum Gasteiger partial charge on any atom is -0.314 e. The molecule has 1 fully saturated rings. The zero-order chi connectivity index (χ0) is 9.52. The van der Waals surface area contributed by atoms with Crippen molar-refractivity contribution in [2.45, 2.75) is 51.5 Å². The van der Waals surface area contributed by atoms with Crippen LogP contribution in [0.5, 0.6) is 0 Å². The van der Waals surface area contributed by atoms with Crippen molar-refractivity contribution in [1.82, 2.24) is 5.32 Å². The van der Waals surface area contributed by atoms with E-state index in [4.69, 9.17) is 0 Å². The molecule has 0 aliphatic heterocycles. The van der Waals surface area contributed by atoms with Gasteiger partial charge in [-0.15, -0.1) is 6.58 Å². The molecule has 1 nitrogen and oxygen atoms in total. The molecule has 1 heteroatoms. The lowest BCUT2D eigenvalue weighted by molar-refractivity contribution is 0.452. The molecular formula is C12H23N.